The van der Waals surface area contributed by atoms with Crippen molar-refractivity contribution in [1.82, 2.24) is 5.32 Å². The van der Waals surface area contributed by atoms with E-state index >= 15 is 0 Å². The fraction of sp³-hybridized carbons (Fsp3) is 0.320. The van der Waals surface area contributed by atoms with Crippen molar-refractivity contribution in [3.8, 4) is 0 Å². The van der Waals surface area contributed by atoms with E-state index in [1.54, 1.807) is 16.2 Å². The first kappa shape index (κ1) is 20.8. The summed E-state index contributed by atoms with van der Waals surface area (Å²) in [5.41, 5.74) is 2.73. The van der Waals surface area contributed by atoms with E-state index in [2.05, 4.69) is 84.4 Å². The number of nitrogens with one attached hydrogen (secondary N) is 3. The fourth-order valence-electron chi connectivity index (χ4n) is 4.47. The molecule has 1 aliphatic rings. The van der Waals surface area contributed by atoms with Gasteiger partial charge < -0.3 is 15.1 Å². The molecule has 0 saturated carbocycles. The van der Waals surface area contributed by atoms with Gasteiger partial charge in [-0.3, -0.25) is 4.79 Å². The lowest BCUT2D eigenvalue weighted by atomic mass is 9.96. The first-order valence-electron chi connectivity index (χ1n) is 10.8. The minimum Gasteiger partial charge on any atom is -0.344 e. The number of piperazine rings is 1. The van der Waals surface area contributed by atoms with Crippen LogP contribution < -0.4 is 15.1 Å². The third-order valence-electron chi connectivity index (χ3n) is 6.03. The lowest BCUT2D eigenvalue weighted by molar-refractivity contribution is -1.02. The van der Waals surface area contributed by atoms with Gasteiger partial charge in [0.2, 0.25) is 0 Å². The average molecular weight is 422 g/mol. The molecule has 0 spiro atoms. The maximum atomic E-state index is 12.5. The molecule has 1 amide bonds. The van der Waals surface area contributed by atoms with Gasteiger partial charge in [0.25, 0.3) is 5.91 Å². The van der Waals surface area contributed by atoms with Crippen LogP contribution in [0.25, 0.3) is 0 Å². The molecular weight excluding hydrogens is 390 g/mol. The number of amides is 1. The van der Waals surface area contributed by atoms with Gasteiger partial charge >= 0.3 is 0 Å². The Kier molecular flexibility index (Phi) is 6.95. The first-order chi connectivity index (χ1) is 14.7. The Morgan fingerprint density at radius 2 is 1.50 bits per heavy atom. The van der Waals surface area contributed by atoms with Crippen LogP contribution in [-0.2, 0) is 4.79 Å². The van der Waals surface area contributed by atoms with Gasteiger partial charge in [-0.05, 0) is 18.4 Å². The quantitative estimate of drug-likeness (QED) is 0.532. The molecular formula is C25H31N3OS+2. The molecule has 30 heavy (non-hydrogen) atoms. The molecule has 5 heteroatoms. The number of thiophene rings is 1. The summed E-state index contributed by atoms with van der Waals surface area (Å²) in [4.78, 5) is 16.7. The Balaban J connectivity index is 1.36. The number of carbonyl (C=O) groups is 1. The van der Waals surface area contributed by atoms with Crippen LogP contribution in [-0.4, -0.2) is 38.6 Å². The highest BCUT2D eigenvalue weighted by molar-refractivity contribution is 7.10. The molecule has 1 aliphatic heterocycles. The zero-order valence-electron chi connectivity index (χ0n) is 17.5. The average Bonchev–Trinajstić information content (AvgIpc) is 3.32. The summed E-state index contributed by atoms with van der Waals surface area (Å²) in [7, 11) is 0. The SMILES string of the molecule is C[C@@H](NC(=O)C[NH+]1CC[NH+](C(c2ccccc2)c2ccccc2)CC1)c1cccs1. The van der Waals surface area contributed by atoms with Crippen LogP contribution in [0.5, 0.6) is 0 Å². The minimum atomic E-state index is 0.0874. The van der Waals surface area contributed by atoms with Gasteiger partial charge in [-0.1, -0.05) is 66.7 Å². The lowest BCUT2D eigenvalue weighted by Crippen LogP contribution is -3.28. The van der Waals surface area contributed by atoms with Gasteiger partial charge in [-0.2, -0.15) is 0 Å². The van der Waals surface area contributed by atoms with Crippen LogP contribution >= 0.6 is 11.3 Å². The van der Waals surface area contributed by atoms with Gasteiger partial charge in [0.15, 0.2) is 6.54 Å². The number of quaternary nitrogens is 2. The number of hydrogen-bond acceptors (Lipinski definition) is 2. The molecule has 4 nitrogen and oxygen atoms in total. The van der Waals surface area contributed by atoms with Crippen molar-refractivity contribution in [3.63, 3.8) is 0 Å². The number of carbonyl (C=O) groups excluding carboxylic acids is 1. The molecule has 0 aliphatic carbocycles. The monoisotopic (exact) mass is 421 g/mol. The zero-order chi connectivity index (χ0) is 20.8. The van der Waals surface area contributed by atoms with E-state index < -0.39 is 0 Å². The van der Waals surface area contributed by atoms with Crippen molar-refractivity contribution in [2.24, 2.45) is 0 Å². The number of hydrogen-bond donors (Lipinski definition) is 3. The molecule has 2 aromatic carbocycles. The van der Waals surface area contributed by atoms with E-state index in [4.69, 9.17) is 0 Å². The summed E-state index contributed by atoms with van der Waals surface area (Å²) in [5, 5.41) is 5.22. The smallest absolute Gasteiger partial charge is 0.275 e. The molecule has 0 bridgehead atoms. The van der Waals surface area contributed by atoms with E-state index in [9.17, 15) is 4.79 Å². The van der Waals surface area contributed by atoms with Crippen LogP contribution in [0.4, 0.5) is 0 Å². The van der Waals surface area contributed by atoms with Crippen LogP contribution in [0.3, 0.4) is 0 Å². The Hall–Kier alpha value is -2.47. The van der Waals surface area contributed by atoms with Crippen molar-refractivity contribution in [1.29, 1.82) is 0 Å². The van der Waals surface area contributed by atoms with Gasteiger partial charge in [0, 0.05) is 16.0 Å². The molecule has 156 valence electrons. The van der Waals surface area contributed by atoms with Gasteiger partial charge in [-0.15, -0.1) is 11.3 Å². The summed E-state index contributed by atoms with van der Waals surface area (Å²) >= 11 is 1.69. The highest BCUT2D eigenvalue weighted by Crippen LogP contribution is 2.19. The summed E-state index contributed by atoms with van der Waals surface area (Å²) < 4.78 is 0. The van der Waals surface area contributed by atoms with Crippen molar-refractivity contribution in [2.45, 2.75) is 19.0 Å². The molecule has 2 heterocycles. The Bertz CT molecular complexity index is 867. The second-order valence-corrected chi connectivity index (χ2v) is 9.12. The van der Waals surface area contributed by atoms with Gasteiger partial charge in [0.1, 0.15) is 32.2 Å². The van der Waals surface area contributed by atoms with Crippen LogP contribution in [0.15, 0.2) is 78.2 Å². The second kappa shape index (κ2) is 10.0. The molecule has 3 aromatic rings. The summed E-state index contributed by atoms with van der Waals surface area (Å²) in [6.45, 7) is 6.80. The van der Waals surface area contributed by atoms with Crippen LogP contribution in [0.1, 0.15) is 35.0 Å². The van der Waals surface area contributed by atoms with Crippen molar-refractivity contribution >= 4 is 17.2 Å². The predicted octanol–water partition coefficient (Wildman–Crippen LogP) is 1.50. The molecule has 3 N–H and O–H groups in total. The van der Waals surface area contributed by atoms with Crippen molar-refractivity contribution < 1.29 is 14.6 Å². The first-order valence-corrected chi connectivity index (χ1v) is 11.7. The summed E-state index contributed by atoms with van der Waals surface area (Å²) in [5.74, 6) is 0.150. The van der Waals surface area contributed by atoms with Crippen molar-refractivity contribution in [3.05, 3.63) is 94.2 Å². The topological polar surface area (TPSA) is 38.0 Å². The molecule has 1 saturated heterocycles. The molecule has 4 rings (SSSR count). The second-order valence-electron chi connectivity index (χ2n) is 8.14. The van der Waals surface area contributed by atoms with Gasteiger partial charge in [0.05, 0.1) is 6.04 Å². The van der Waals surface area contributed by atoms with E-state index in [0.717, 1.165) is 26.2 Å². The normalized spacial score (nSPS) is 20.1. The maximum absolute atomic E-state index is 12.5. The van der Waals surface area contributed by atoms with E-state index in [-0.39, 0.29) is 11.9 Å². The zero-order valence-corrected chi connectivity index (χ0v) is 18.3. The highest BCUT2D eigenvalue weighted by Gasteiger charge is 2.32. The highest BCUT2D eigenvalue weighted by atomic mass is 32.1. The summed E-state index contributed by atoms with van der Waals surface area (Å²) in [6.07, 6.45) is 0. The molecule has 1 aromatic heterocycles. The van der Waals surface area contributed by atoms with Crippen LogP contribution in [0.2, 0.25) is 0 Å². The van der Waals surface area contributed by atoms with E-state index in [0.29, 0.717) is 12.6 Å². The summed E-state index contributed by atoms with van der Waals surface area (Å²) in [6, 6.07) is 26.2. The van der Waals surface area contributed by atoms with E-state index in [1.807, 2.05) is 6.07 Å². The molecule has 0 unspecified atom stereocenters. The molecule has 1 atom stereocenters. The Morgan fingerprint density at radius 1 is 0.900 bits per heavy atom. The number of rotatable bonds is 7. The third kappa shape index (κ3) is 5.17. The van der Waals surface area contributed by atoms with Crippen LogP contribution in [0, 0.1) is 0 Å². The fourth-order valence-corrected chi connectivity index (χ4v) is 5.21. The van der Waals surface area contributed by atoms with E-state index in [1.165, 1.54) is 20.9 Å². The number of benzene rings is 2. The molecule has 1 fully saturated rings. The van der Waals surface area contributed by atoms with Gasteiger partial charge in [-0.25, -0.2) is 0 Å². The Labute approximate surface area is 183 Å². The minimum absolute atomic E-state index is 0.0874. The standard InChI is InChI=1S/C25H29N3OS/c1-20(23-13-8-18-30-23)26-24(29)19-27-14-16-28(17-15-27)25(21-9-4-2-5-10-21)22-11-6-3-7-12-22/h2-13,18,20,25H,14-17,19H2,1H3,(H,26,29)/p+2/t20-/m1/s1. The predicted molar refractivity (Wildman–Crippen MR) is 122 cm³/mol. The van der Waals surface area contributed by atoms with Crippen molar-refractivity contribution in [2.75, 3.05) is 32.7 Å². The lowest BCUT2D eigenvalue weighted by Gasteiger charge is -2.35. The largest absolute Gasteiger partial charge is 0.344 e. The Morgan fingerprint density at radius 3 is 2.03 bits per heavy atom. The third-order valence-corrected chi connectivity index (χ3v) is 7.09. The maximum Gasteiger partial charge on any atom is 0.275 e. The molecule has 0 radical (unpaired) electrons.